The molecule has 0 radical (unpaired) electrons. The van der Waals surface area contributed by atoms with Crippen LogP contribution in [0.3, 0.4) is 0 Å². The lowest BCUT2D eigenvalue weighted by Gasteiger charge is -2.14. The van der Waals surface area contributed by atoms with E-state index in [9.17, 15) is 4.79 Å². The molecule has 1 amide bonds. The number of rotatable bonds is 6. The Labute approximate surface area is 172 Å². The van der Waals surface area contributed by atoms with Gasteiger partial charge in [-0.1, -0.05) is 44.2 Å². The summed E-state index contributed by atoms with van der Waals surface area (Å²) in [6, 6.07) is 13.8. The molecule has 0 saturated heterocycles. The molecule has 3 rings (SSSR count). The van der Waals surface area contributed by atoms with Crippen molar-refractivity contribution in [1.29, 1.82) is 0 Å². The Bertz CT molecular complexity index is 829. The van der Waals surface area contributed by atoms with E-state index in [1.165, 1.54) is 5.56 Å². The molecule has 0 aliphatic carbocycles. The molecule has 0 spiro atoms. The number of hydrogen-bond acceptors (Lipinski definition) is 3. The van der Waals surface area contributed by atoms with Crippen molar-refractivity contribution in [1.82, 2.24) is 14.7 Å². The SMILES string of the molecule is CC(C)c1ccc(C(N)CNC(=O)Cc2cn3ccccc3n2)cc1.Cl.Cl. The third-order valence-corrected chi connectivity index (χ3v) is 4.31. The molecule has 0 saturated carbocycles. The number of nitrogens with zero attached hydrogens (tertiary/aromatic N) is 2. The molecule has 0 fully saturated rings. The molecule has 5 nitrogen and oxygen atoms in total. The number of nitrogens with two attached hydrogens (primary N) is 1. The maximum atomic E-state index is 12.2. The summed E-state index contributed by atoms with van der Waals surface area (Å²) in [4.78, 5) is 16.6. The lowest BCUT2D eigenvalue weighted by molar-refractivity contribution is -0.120. The zero-order valence-electron chi connectivity index (χ0n) is 15.5. The average molecular weight is 409 g/mol. The van der Waals surface area contributed by atoms with Gasteiger partial charge in [0.15, 0.2) is 0 Å². The molecular formula is C20H26Cl2N4O. The highest BCUT2D eigenvalue weighted by atomic mass is 35.5. The number of imidazole rings is 1. The van der Waals surface area contributed by atoms with Crippen LogP contribution in [0.1, 0.15) is 42.6 Å². The first-order valence-electron chi connectivity index (χ1n) is 8.57. The fourth-order valence-electron chi connectivity index (χ4n) is 2.77. The van der Waals surface area contributed by atoms with Gasteiger partial charge in [-0.15, -0.1) is 24.8 Å². The number of halogens is 2. The maximum absolute atomic E-state index is 12.2. The molecule has 2 heterocycles. The van der Waals surface area contributed by atoms with Gasteiger partial charge in [0, 0.05) is 25.0 Å². The Hall–Kier alpha value is -2.08. The summed E-state index contributed by atoms with van der Waals surface area (Å²) in [6.07, 6.45) is 4.04. The summed E-state index contributed by atoms with van der Waals surface area (Å²) in [6.45, 7) is 4.73. The van der Waals surface area contributed by atoms with Crippen molar-refractivity contribution in [2.75, 3.05) is 6.54 Å². The smallest absolute Gasteiger partial charge is 0.226 e. The highest BCUT2D eigenvalue weighted by Crippen LogP contribution is 2.17. The second-order valence-corrected chi connectivity index (χ2v) is 6.61. The lowest BCUT2D eigenvalue weighted by atomic mass is 9.99. The van der Waals surface area contributed by atoms with Crippen LogP contribution >= 0.6 is 24.8 Å². The first kappa shape index (κ1) is 23.0. The second kappa shape index (κ2) is 10.3. The summed E-state index contributed by atoms with van der Waals surface area (Å²) in [7, 11) is 0. The number of nitrogens with one attached hydrogen (secondary N) is 1. The molecule has 1 unspecified atom stereocenters. The third-order valence-electron chi connectivity index (χ3n) is 4.31. The van der Waals surface area contributed by atoms with E-state index < -0.39 is 0 Å². The van der Waals surface area contributed by atoms with Crippen LogP contribution in [0.5, 0.6) is 0 Å². The fourth-order valence-corrected chi connectivity index (χ4v) is 2.77. The zero-order valence-corrected chi connectivity index (χ0v) is 17.1. The molecule has 0 aliphatic heterocycles. The normalized spacial score (nSPS) is 11.6. The molecule has 1 atom stereocenters. The number of carbonyl (C=O) groups excluding carboxylic acids is 1. The summed E-state index contributed by atoms with van der Waals surface area (Å²) < 4.78 is 1.91. The van der Waals surface area contributed by atoms with Gasteiger partial charge in [-0.2, -0.15) is 0 Å². The summed E-state index contributed by atoms with van der Waals surface area (Å²) in [5, 5.41) is 2.90. The zero-order chi connectivity index (χ0) is 17.8. The molecule has 27 heavy (non-hydrogen) atoms. The van der Waals surface area contributed by atoms with Gasteiger partial charge >= 0.3 is 0 Å². The van der Waals surface area contributed by atoms with Crippen LogP contribution in [0.2, 0.25) is 0 Å². The third kappa shape index (κ3) is 5.96. The standard InChI is InChI=1S/C20H24N4O.2ClH/c1-14(2)15-6-8-16(9-7-15)18(21)12-22-20(25)11-17-13-24-10-4-3-5-19(24)23-17;;/h3-10,13-14,18H,11-12,21H2,1-2H3,(H,22,25);2*1H. The number of carbonyl (C=O) groups is 1. The van der Waals surface area contributed by atoms with E-state index in [4.69, 9.17) is 5.73 Å². The van der Waals surface area contributed by atoms with Gasteiger partial charge in [0.2, 0.25) is 5.91 Å². The number of amides is 1. The van der Waals surface area contributed by atoms with E-state index in [0.29, 0.717) is 12.5 Å². The second-order valence-electron chi connectivity index (χ2n) is 6.61. The maximum Gasteiger partial charge on any atom is 0.226 e. The van der Waals surface area contributed by atoms with E-state index in [1.54, 1.807) is 0 Å². The van der Waals surface area contributed by atoms with Crippen molar-refractivity contribution in [3.63, 3.8) is 0 Å². The Morgan fingerprint density at radius 1 is 1.11 bits per heavy atom. The predicted molar refractivity (Wildman–Crippen MR) is 114 cm³/mol. The van der Waals surface area contributed by atoms with Gasteiger partial charge in [-0.25, -0.2) is 4.98 Å². The van der Waals surface area contributed by atoms with Crippen LogP contribution in [0.15, 0.2) is 54.9 Å². The Kier molecular flexibility index (Phi) is 8.76. The van der Waals surface area contributed by atoms with Crippen LogP contribution < -0.4 is 11.1 Å². The van der Waals surface area contributed by atoms with Gasteiger partial charge in [-0.3, -0.25) is 4.79 Å². The largest absolute Gasteiger partial charge is 0.354 e. The van der Waals surface area contributed by atoms with Crippen LogP contribution in [-0.2, 0) is 11.2 Å². The molecule has 0 bridgehead atoms. The molecule has 2 aromatic heterocycles. The van der Waals surface area contributed by atoms with Crippen LogP contribution in [-0.4, -0.2) is 21.8 Å². The number of pyridine rings is 1. The predicted octanol–water partition coefficient (Wildman–Crippen LogP) is 3.66. The molecule has 7 heteroatoms. The van der Waals surface area contributed by atoms with Crippen LogP contribution in [0.25, 0.3) is 5.65 Å². The quantitative estimate of drug-likeness (QED) is 0.653. The lowest BCUT2D eigenvalue weighted by Crippen LogP contribution is -2.32. The fraction of sp³-hybridized carbons (Fsp3) is 0.300. The van der Waals surface area contributed by atoms with E-state index in [2.05, 4.69) is 36.3 Å². The molecule has 3 N–H and O–H groups in total. The van der Waals surface area contributed by atoms with Crippen molar-refractivity contribution in [3.05, 3.63) is 71.7 Å². The first-order chi connectivity index (χ1) is 12.0. The van der Waals surface area contributed by atoms with Crippen molar-refractivity contribution < 1.29 is 4.79 Å². The van der Waals surface area contributed by atoms with E-state index in [-0.39, 0.29) is 43.2 Å². The van der Waals surface area contributed by atoms with Gasteiger partial charge in [-0.05, 0) is 29.2 Å². The summed E-state index contributed by atoms with van der Waals surface area (Å²) in [5.74, 6) is 0.424. The van der Waals surface area contributed by atoms with Crippen molar-refractivity contribution in [2.45, 2.75) is 32.2 Å². The van der Waals surface area contributed by atoms with Crippen LogP contribution in [0.4, 0.5) is 0 Å². The molecule has 146 valence electrons. The first-order valence-corrected chi connectivity index (χ1v) is 8.57. The van der Waals surface area contributed by atoms with Gasteiger partial charge in [0.05, 0.1) is 12.1 Å². The molecule has 3 aromatic rings. The monoisotopic (exact) mass is 408 g/mol. The topological polar surface area (TPSA) is 72.4 Å². The number of hydrogen-bond donors (Lipinski definition) is 2. The van der Waals surface area contributed by atoms with Gasteiger partial charge in [0.25, 0.3) is 0 Å². The molecule has 1 aromatic carbocycles. The van der Waals surface area contributed by atoms with Crippen molar-refractivity contribution in [3.8, 4) is 0 Å². The molecule has 0 aliphatic rings. The van der Waals surface area contributed by atoms with E-state index in [1.807, 2.05) is 47.1 Å². The van der Waals surface area contributed by atoms with E-state index in [0.717, 1.165) is 16.9 Å². The van der Waals surface area contributed by atoms with E-state index >= 15 is 0 Å². The average Bonchev–Trinajstić information content (AvgIpc) is 3.01. The highest BCUT2D eigenvalue weighted by Gasteiger charge is 2.11. The Morgan fingerprint density at radius 3 is 2.41 bits per heavy atom. The van der Waals surface area contributed by atoms with Crippen molar-refractivity contribution in [2.24, 2.45) is 5.73 Å². The minimum Gasteiger partial charge on any atom is -0.354 e. The number of benzene rings is 1. The highest BCUT2D eigenvalue weighted by molar-refractivity contribution is 5.85. The number of aromatic nitrogens is 2. The Balaban J connectivity index is 0.00000182. The van der Waals surface area contributed by atoms with Gasteiger partial charge in [0.1, 0.15) is 5.65 Å². The summed E-state index contributed by atoms with van der Waals surface area (Å²) >= 11 is 0. The van der Waals surface area contributed by atoms with Gasteiger partial charge < -0.3 is 15.5 Å². The van der Waals surface area contributed by atoms with Crippen molar-refractivity contribution >= 4 is 36.4 Å². The molecular weight excluding hydrogens is 383 g/mol. The van der Waals surface area contributed by atoms with Crippen LogP contribution in [0, 0.1) is 0 Å². The Morgan fingerprint density at radius 2 is 1.78 bits per heavy atom. The minimum atomic E-state index is -0.216. The minimum absolute atomic E-state index is 0. The number of fused-ring (bicyclic) bond motifs is 1. The summed E-state index contributed by atoms with van der Waals surface area (Å²) in [5.41, 5.74) is 10.1.